The van der Waals surface area contributed by atoms with Gasteiger partial charge in [-0.3, -0.25) is 9.59 Å². The number of carbonyl (C=O) groups is 2. The summed E-state index contributed by atoms with van der Waals surface area (Å²) < 4.78 is 10.7. The van der Waals surface area contributed by atoms with Crippen LogP contribution in [0.4, 0.5) is 11.4 Å². The zero-order valence-electron chi connectivity index (χ0n) is 18.3. The van der Waals surface area contributed by atoms with Gasteiger partial charge in [-0.25, -0.2) is 0 Å². The van der Waals surface area contributed by atoms with Crippen molar-refractivity contribution in [2.75, 3.05) is 17.7 Å². The minimum atomic E-state index is -0.330. The molecule has 34 heavy (non-hydrogen) atoms. The molecule has 0 spiro atoms. The number of ether oxygens (including phenoxy) is 2. The number of nitrogens with one attached hydrogen (secondary N) is 2. The fraction of sp³-hybridized carbons (Fsp3) is 0.125. The van der Waals surface area contributed by atoms with Gasteiger partial charge in [0.25, 0.3) is 5.91 Å². The molecule has 0 bridgehead atoms. The first-order valence-electron chi connectivity index (χ1n) is 10.4. The molecule has 10 heteroatoms. The molecule has 0 aliphatic rings. The maximum absolute atomic E-state index is 12.4. The third-order valence-corrected chi connectivity index (χ3v) is 4.67. The fourth-order valence-electron chi connectivity index (χ4n) is 2.98. The first kappa shape index (κ1) is 22.5. The van der Waals surface area contributed by atoms with Crippen LogP contribution in [-0.4, -0.2) is 39.1 Å². The van der Waals surface area contributed by atoms with Gasteiger partial charge in [-0.15, -0.1) is 10.2 Å². The van der Waals surface area contributed by atoms with E-state index in [9.17, 15) is 9.59 Å². The maximum atomic E-state index is 12.4. The van der Waals surface area contributed by atoms with E-state index in [-0.39, 0.29) is 25.0 Å². The highest BCUT2D eigenvalue weighted by molar-refractivity contribution is 6.04. The molecule has 0 saturated heterocycles. The standard InChI is InChI=1S/C24H22N6O4/c1-33-20-13-11-19(12-14-20)26-24(32)17-7-9-18(10-8-17)25-23(31)15-30-28-22(27-29-30)16-34-21-5-3-2-4-6-21/h2-14H,15-16H2,1H3,(H,25,31)(H,26,32). The van der Waals surface area contributed by atoms with E-state index in [1.807, 2.05) is 30.3 Å². The van der Waals surface area contributed by atoms with Gasteiger partial charge in [0.15, 0.2) is 6.61 Å². The second-order valence-electron chi connectivity index (χ2n) is 7.15. The van der Waals surface area contributed by atoms with Crippen LogP contribution >= 0.6 is 0 Å². The average Bonchev–Trinajstić information content (AvgIpc) is 3.31. The van der Waals surface area contributed by atoms with Gasteiger partial charge in [-0.2, -0.15) is 4.80 Å². The molecule has 0 radical (unpaired) electrons. The number of hydrogen-bond donors (Lipinski definition) is 2. The van der Waals surface area contributed by atoms with Crippen molar-refractivity contribution < 1.29 is 19.1 Å². The summed E-state index contributed by atoms with van der Waals surface area (Å²) in [4.78, 5) is 25.9. The molecule has 0 atom stereocenters. The average molecular weight is 458 g/mol. The van der Waals surface area contributed by atoms with Crippen LogP contribution in [0, 0.1) is 0 Å². The van der Waals surface area contributed by atoms with Crippen molar-refractivity contribution in [3.8, 4) is 11.5 Å². The van der Waals surface area contributed by atoms with Gasteiger partial charge in [-0.05, 0) is 65.9 Å². The van der Waals surface area contributed by atoms with Crippen LogP contribution in [0.1, 0.15) is 16.2 Å². The number of tetrazole rings is 1. The highest BCUT2D eigenvalue weighted by Crippen LogP contribution is 2.17. The number of benzene rings is 3. The molecule has 0 fully saturated rings. The van der Waals surface area contributed by atoms with Crippen LogP contribution in [0.3, 0.4) is 0 Å². The number of aromatic nitrogens is 4. The third-order valence-electron chi connectivity index (χ3n) is 4.67. The van der Waals surface area contributed by atoms with E-state index >= 15 is 0 Å². The number of rotatable bonds is 9. The smallest absolute Gasteiger partial charge is 0.255 e. The zero-order valence-corrected chi connectivity index (χ0v) is 18.3. The third kappa shape index (κ3) is 6.16. The molecule has 3 aromatic carbocycles. The van der Waals surface area contributed by atoms with Crippen molar-refractivity contribution in [2.24, 2.45) is 0 Å². The lowest BCUT2D eigenvalue weighted by Gasteiger charge is -2.08. The van der Waals surface area contributed by atoms with Crippen LogP contribution in [0.5, 0.6) is 11.5 Å². The van der Waals surface area contributed by atoms with Crippen molar-refractivity contribution in [3.63, 3.8) is 0 Å². The Labute approximate surface area is 195 Å². The Morgan fingerprint density at radius 3 is 2.24 bits per heavy atom. The van der Waals surface area contributed by atoms with E-state index in [1.54, 1.807) is 55.6 Å². The molecule has 0 unspecified atom stereocenters. The van der Waals surface area contributed by atoms with E-state index in [2.05, 4.69) is 26.0 Å². The highest BCUT2D eigenvalue weighted by atomic mass is 16.5. The summed E-state index contributed by atoms with van der Waals surface area (Å²) in [5.74, 6) is 1.17. The molecule has 2 amide bonds. The van der Waals surface area contributed by atoms with E-state index in [1.165, 1.54) is 4.80 Å². The Morgan fingerprint density at radius 2 is 1.53 bits per heavy atom. The zero-order chi connectivity index (χ0) is 23.8. The molecule has 4 aromatic rings. The van der Waals surface area contributed by atoms with Crippen LogP contribution in [-0.2, 0) is 17.9 Å². The van der Waals surface area contributed by atoms with Gasteiger partial charge in [0.1, 0.15) is 18.0 Å². The SMILES string of the molecule is COc1ccc(NC(=O)c2ccc(NC(=O)Cn3nnc(COc4ccccc4)n3)cc2)cc1. The Bertz CT molecular complexity index is 1240. The Balaban J connectivity index is 1.26. The van der Waals surface area contributed by atoms with Crippen molar-refractivity contribution >= 4 is 23.2 Å². The van der Waals surface area contributed by atoms with Crippen molar-refractivity contribution in [2.45, 2.75) is 13.2 Å². The Morgan fingerprint density at radius 1 is 0.853 bits per heavy atom. The summed E-state index contributed by atoms with van der Waals surface area (Å²) in [6, 6.07) is 22.8. The minimum Gasteiger partial charge on any atom is -0.497 e. The summed E-state index contributed by atoms with van der Waals surface area (Å²) in [6.45, 7) is 0.0315. The first-order valence-corrected chi connectivity index (χ1v) is 10.4. The number of nitrogens with zero attached hydrogens (tertiary/aromatic N) is 4. The summed E-state index contributed by atoms with van der Waals surface area (Å²) in [6.07, 6.45) is 0. The topological polar surface area (TPSA) is 120 Å². The number of amides is 2. The number of anilines is 2. The van der Waals surface area contributed by atoms with E-state index in [0.717, 1.165) is 0 Å². The first-order chi connectivity index (χ1) is 16.6. The lowest BCUT2D eigenvalue weighted by molar-refractivity contribution is -0.117. The molecule has 4 rings (SSSR count). The fourth-order valence-corrected chi connectivity index (χ4v) is 2.98. The molecular weight excluding hydrogens is 436 g/mol. The van der Waals surface area contributed by atoms with E-state index < -0.39 is 0 Å². The van der Waals surface area contributed by atoms with Crippen LogP contribution < -0.4 is 20.1 Å². The molecular formula is C24H22N6O4. The molecule has 0 aliphatic heterocycles. The molecule has 0 aliphatic carbocycles. The largest absolute Gasteiger partial charge is 0.497 e. The maximum Gasteiger partial charge on any atom is 0.255 e. The normalized spacial score (nSPS) is 10.4. The minimum absolute atomic E-state index is 0.113. The monoisotopic (exact) mass is 458 g/mol. The molecule has 1 aromatic heterocycles. The van der Waals surface area contributed by atoms with Gasteiger partial charge >= 0.3 is 0 Å². The van der Waals surface area contributed by atoms with E-state index in [4.69, 9.17) is 9.47 Å². The Hall–Kier alpha value is -4.73. The van der Waals surface area contributed by atoms with Crippen LogP contribution in [0.15, 0.2) is 78.9 Å². The van der Waals surface area contributed by atoms with Crippen LogP contribution in [0.25, 0.3) is 0 Å². The van der Waals surface area contributed by atoms with Crippen molar-refractivity contribution in [1.82, 2.24) is 20.2 Å². The van der Waals surface area contributed by atoms with E-state index in [0.29, 0.717) is 34.3 Å². The van der Waals surface area contributed by atoms with Gasteiger partial charge in [0.05, 0.1) is 7.11 Å². The summed E-state index contributed by atoms with van der Waals surface area (Å²) in [5.41, 5.74) is 1.64. The highest BCUT2D eigenvalue weighted by Gasteiger charge is 2.10. The molecule has 1 heterocycles. The van der Waals surface area contributed by atoms with Gasteiger partial charge in [0.2, 0.25) is 11.7 Å². The number of methoxy groups -OCH3 is 1. The number of hydrogen-bond acceptors (Lipinski definition) is 7. The van der Waals surface area contributed by atoms with Crippen LogP contribution in [0.2, 0.25) is 0 Å². The summed E-state index contributed by atoms with van der Waals surface area (Å²) in [5, 5.41) is 17.5. The second kappa shape index (κ2) is 10.7. The molecule has 172 valence electrons. The predicted octanol–water partition coefficient (Wildman–Crippen LogP) is 3.15. The van der Waals surface area contributed by atoms with Gasteiger partial charge in [0, 0.05) is 16.9 Å². The second-order valence-corrected chi connectivity index (χ2v) is 7.15. The molecule has 2 N–H and O–H groups in total. The molecule has 10 nitrogen and oxygen atoms in total. The quantitative estimate of drug-likeness (QED) is 0.395. The predicted molar refractivity (Wildman–Crippen MR) is 125 cm³/mol. The molecule has 0 saturated carbocycles. The number of carbonyl (C=O) groups excluding carboxylic acids is 2. The lowest BCUT2D eigenvalue weighted by Crippen LogP contribution is -2.20. The Kier molecular flexibility index (Phi) is 7.09. The lowest BCUT2D eigenvalue weighted by atomic mass is 10.2. The van der Waals surface area contributed by atoms with Gasteiger partial charge < -0.3 is 20.1 Å². The summed E-state index contributed by atoms with van der Waals surface area (Å²) in [7, 11) is 1.58. The summed E-state index contributed by atoms with van der Waals surface area (Å²) >= 11 is 0. The van der Waals surface area contributed by atoms with Crippen molar-refractivity contribution in [3.05, 3.63) is 90.3 Å². The number of para-hydroxylation sites is 1. The van der Waals surface area contributed by atoms with Gasteiger partial charge in [-0.1, -0.05) is 18.2 Å². The van der Waals surface area contributed by atoms with Crippen molar-refractivity contribution in [1.29, 1.82) is 0 Å².